The zero-order valence-corrected chi connectivity index (χ0v) is 22.7. The fraction of sp³-hybridized carbons (Fsp3) is 0.536. The summed E-state index contributed by atoms with van der Waals surface area (Å²) < 4.78 is 0. The number of aliphatic hydroxyl groups excluding tert-OH is 1. The Morgan fingerprint density at radius 3 is 2.78 bits per heavy atom. The summed E-state index contributed by atoms with van der Waals surface area (Å²) in [5.41, 5.74) is 3.11. The maximum Gasteiger partial charge on any atom is 0.232 e. The normalized spacial score (nSPS) is 25.4. The third kappa shape index (κ3) is 7.01. The van der Waals surface area contributed by atoms with Crippen molar-refractivity contribution in [1.82, 2.24) is 15.5 Å². The van der Waals surface area contributed by atoms with Gasteiger partial charge in [-0.25, -0.2) is 0 Å². The van der Waals surface area contributed by atoms with Crippen molar-refractivity contribution in [3.8, 4) is 0 Å². The number of amides is 2. The fourth-order valence-electron chi connectivity index (χ4n) is 5.00. The average Bonchev–Trinajstić information content (AvgIpc) is 3.43. The number of hydrogen-bond acceptors (Lipinski definition) is 6. The van der Waals surface area contributed by atoms with Crippen molar-refractivity contribution in [2.24, 2.45) is 22.7 Å². The predicted molar refractivity (Wildman–Crippen MR) is 148 cm³/mol. The molecule has 3 rings (SSSR count). The second-order valence-electron chi connectivity index (χ2n) is 9.91. The van der Waals surface area contributed by atoms with Gasteiger partial charge in [-0.15, -0.1) is 11.8 Å². The average molecular weight is 513 g/mol. The van der Waals surface area contributed by atoms with E-state index in [1.165, 1.54) is 16.2 Å². The quantitative estimate of drug-likeness (QED) is 0.305. The highest BCUT2D eigenvalue weighted by atomic mass is 32.2. The molecule has 1 aliphatic carbocycles. The summed E-state index contributed by atoms with van der Waals surface area (Å²) in [6.07, 6.45) is 12.4. The van der Waals surface area contributed by atoms with Crippen LogP contribution in [0.5, 0.6) is 0 Å². The first-order valence-electron chi connectivity index (χ1n) is 12.8. The van der Waals surface area contributed by atoms with Crippen molar-refractivity contribution >= 4 is 29.8 Å². The number of rotatable bonds is 10. The molecule has 2 aliphatic heterocycles. The molecular weight excluding hydrogens is 472 g/mol. The molecule has 1 fully saturated rings. The molecule has 36 heavy (non-hydrogen) atoms. The summed E-state index contributed by atoms with van der Waals surface area (Å²) in [5.74, 6) is 0.503. The number of carbonyl (C=O) groups is 2. The summed E-state index contributed by atoms with van der Waals surface area (Å²) in [6.45, 7) is 12.4. The standard InChI is InChI=1S/C28H40N4O3S/c1-6-8-24(29-7-2)26(18(3)4)28(35)32-16-23(33)13-22(32)14-25(34)30-15-20-9-11-21(12-10-20)27-19(5)31-17-36-27/h6-9,11-12,18,20,22-23,26,31,33H,1,10,13-17H2,2-5H3,(H,30,34)/b24-8-,29-7?/t20?,22?,23-,26?/m1/s1. The molecular formula is C28H40N4O3S. The van der Waals surface area contributed by atoms with Gasteiger partial charge in [-0.1, -0.05) is 44.7 Å². The Labute approximate surface area is 219 Å². The fourth-order valence-corrected chi connectivity index (χ4v) is 6.04. The first-order valence-corrected chi connectivity index (χ1v) is 13.8. The summed E-state index contributed by atoms with van der Waals surface area (Å²) in [7, 11) is 0. The van der Waals surface area contributed by atoms with Gasteiger partial charge >= 0.3 is 0 Å². The molecule has 3 N–H and O–H groups in total. The number of thioether (sulfide) groups is 1. The molecule has 196 valence electrons. The van der Waals surface area contributed by atoms with E-state index in [1.54, 1.807) is 23.3 Å². The number of aliphatic hydroxyl groups is 1. The van der Waals surface area contributed by atoms with E-state index in [0.29, 0.717) is 18.7 Å². The number of aliphatic imine (C=N–C) groups is 1. The van der Waals surface area contributed by atoms with E-state index in [-0.39, 0.29) is 42.7 Å². The molecule has 0 radical (unpaired) electrons. The van der Waals surface area contributed by atoms with Crippen LogP contribution in [0.15, 0.2) is 63.8 Å². The van der Waals surface area contributed by atoms with Crippen LogP contribution in [0, 0.1) is 17.8 Å². The topological polar surface area (TPSA) is 94.0 Å². The molecule has 0 aromatic rings. The predicted octanol–water partition coefficient (Wildman–Crippen LogP) is 3.92. The van der Waals surface area contributed by atoms with E-state index < -0.39 is 12.0 Å². The summed E-state index contributed by atoms with van der Waals surface area (Å²) in [4.78, 5) is 33.8. The van der Waals surface area contributed by atoms with Crippen molar-refractivity contribution in [3.05, 3.63) is 58.8 Å². The molecule has 0 spiro atoms. The number of carbonyl (C=O) groups excluding carboxylic acids is 2. The highest BCUT2D eigenvalue weighted by Crippen LogP contribution is 2.34. The number of β-amino-alcohol motifs (C(OH)–C–C–N with tert-alkyl or cyclic N) is 1. The number of likely N-dealkylation sites (tertiary alicyclic amines) is 1. The molecule has 8 heteroatoms. The lowest BCUT2D eigenvalue weighted by Crippen LogP contribution is -2.44. The maximum atomic E-state index is 13.6. The van der Waals surface area contributed by atoms with Gasteiger partial charge in [0, 0.05) is 42.4 Å². The first-order chi connectivity index (χ1) is 17.2. The Kier molecular flexibility index (Phi) is 10.2. The summed E-state index contributed by atoms with van der Waals surface area (Å²) in [5, 5.41) is 16.7. The zero-order valence-electron chi connectivity index (χ0n) is 21.9. The lowest BCUT2D eigenvalue weighted by Gasteiger charge is -2.30. The van der Waals surface area contributed by atoms with Crippen molar-refractivity contribution in [2.75, 3.05) is 19.0 Å². The van der Waals surface area contributed by atoms with Gasteiger partial charge in [-0.2, -0.15) is 0 Å². The lowest BCUT2D eigenvalue weighted by molar-refractivity contribution is -0.137. The van der Waals surface area contributed by atoms with E-state index >= 15 is 0 Å². The van der Waals surface area contributed by atoms with Gasteiger partial charge in [0.15, 0.2) is 0 Å². The second-order valence-corrected chi connectivity index (χ2v) is 10.9. The first kappa shape index (κ1) is 28.0. The van der Waals surface area contributed by atoms with Crippen LogP contribution < -0.4 is 10.6 Å². The van der Waals surface area contributed by atoms with Crippen molar-refractivity contribution in [3.63, 3.8) is 0 Å². The van der Waals surface area contributed by atoms with Gasteiger partial charge < -0.3 is 20.6 Å². The largest absolute Gasteiger partial charge is 0.391 e. The van der Waals surface area contributed by atoms with Crippen molar-refractivity contribution in [1.29, 1.82) is 0 Å². The minimum absolute atomic E-state index is 0.00798. The highest BCUT2D eigenvalue weighted by molar-refractivity contribution is 8.03. The number of allylic oxidation sites excluding steroid dienone is 6. The number of nitrogens with one attached hydrogen (secondary N) is 2. The molecule has 0 saturated carbocycles. The zero-order chi connectivity index (χ0) is 26.2. The molecule has 0 aromatic heterocycles. The molecule has 0 aromatic carbocycles. The molecule has 1 saturated heterocycles. The highest BCUT2D eigenvalue weighted by Gasteiger charge is 2.40. The van der Waals surface area contributed by atoms with Crippen LogP contribution in [0.2, 0.25) is 0 Å². The molecule has 2 amide bonds. The van der Waals surface area contributed by atoms with Crippen molar-refractivity contribution < 1.29 is 14.7 Å². The maximum absolute atomic E-state index is 13.6. The minimum Gasteiger partial charge on any atom is -0.391 e. The van der Waals surface area contributed by atoms with E-state index in [1.807, 2.05) is 32.5 Å². The van der Waals surface area contributed by atoms with Gasteiger partial charge in [-0.05, 0) is 50.2 Å². The molecule has 2 heterocycles. The van der Waals surface area contributed by atoms with Gasteiger partial charge in [0.2, 0.25) is 11.8 Å². The molecule has 3 unspecified atom stereocenters. The molecule has 4 atom stereocenters. The Balaban J connectivity index is 1.58. The monoisotopic (exact) mass is 512 g/mol. The minimum atomic E-state index is -0.633. The molecule has 7 nitrogen and oxygen atoms in total. The van der Waals surface area contributed by atoms with E-state index in [2.05, 4.69) is 47.4 Å². The summed E-state index contributed by atoms with van der Waals surface area (Å²) in [6, 6.07) is -0.334. The second kappa shape index (κ2) is 13.1. The van der Waals surface area contributed by atoms with Crippen LogP contribution in [0.4, 0.5) is 0 Å². The third-order valence-corrected chi connectivity index (χ3v) is 7.94. The third-order valence-electron chi connectivity index (χ3n) is 6.82. The van der Waals surface area contributed by atoms with Gasteiger partial charge in [0.25, 0.3) is 0 Å². The lowest BCUT2D eigenvalue weighted by atomic mass is 9.90. The van der Waals surface area contributed by atoms with Crippen LogP contribution in [-0.4, -0.2) is 59.1 Å². The van der Waals surface area contributed by atoms with Gasteiger partial charge in [-0.3, -0.25) is 14.6 Å². The molecule has 0 bridgehead atoms. The Bertz CT molecular complexity index is 995. The molecule has 3 aliphatic rings. The summed E-state index contributed by atoms with van der Waals surface area (Å²) >= 11 is 1.82. The van der Waals surface area contributed by atoms with Crippen LogP contribution >= 0.6 is 11.8 Å². The van der Waals surface area contributed by atoms with Crippen LogP contribution in [-0.2, 0) is 9.59 Å². The van der Waals surface area contributed by atoms with Crippen molar-refractivity contribution in [2.45, 2.75) is 59.1 Å². The number of hydrogen-bond donors (Lipinski definition) is 3. The van der Waals surface area contributed by atoms with Crippen LogP contribution in [0.1, 0.15) is 47.0 Å². The van der Waals surface area contributed by atoms with Gasteiger partial charge in [0.1, 0.15) is 0 Å². The Hall–Kier alpha value is -2.58. The van der Waals surface area contributed by atoms with Crippen LogP contribution in [0.25, 0.3) is 0 Å². The van der Waals surface area contributed by atoms with E-state index in [9.17, 15) is 14.7 Å². The van der Waals surface area contributed by atoms with E-state index in [4.69, 9.17) is 0 Å². The Morgan fingerprint density at radius 1 is 1.42 bits per heavy atom. The van der Waals surface area contributed by atoms with E-state index in [0.717, 1.165) is 12.3 Å². The smallest absolute Gasteiger partial charge is 0.232 e. The van der Waals surface area contributed by atoms with Crippen LogP contribution in [0.3, 0.4) is 0 Å². The number of nitrogens with zero attached hydrogens (tertiary/aromatic N) is 2. The van der Waals surface area contributed by atoms with Gasteiger partial charge in [0.05, 0.1) is 23.6 Å². The Morgan fingerprint density at radius 2 is 2.19 bits per heavy atom. The SMILES string of the molecule is C=C/C=C(\N=CC)C(C(=O)N1C[C@H](O)CC1CC(=O)NCC1C=CC(C2=C(C)NCS2)=CC1)C(C)C.